The van der Waals surface area contributed by atoms with Crippen molar-refractivity contribution in [3.63, 3.8) is 0 Å². The van der Waals surface area contributed by atoms with E-state index in [1.54, 1.807) is 0 Å². The van der Waals surface area contributed by atoms with Crippen molar-refractivity contribution in [3.05, 3.63) is 62.9 Å². The third-order valence-corrected chi connectivity index (χ3v) is 3.06. The van der Waals surface area contributed by atoms with Gasteiger partial charge in [-0.2, -0.15) is 0 Å². The number of hydrogen-bond donors (Lipinski definition) is 2. The zero-order valence-corrected chi connectivity index (χ0v) is 12.9. The van der Waals surface area contributed by atoms with E-state index in [2.05, 4.69) is 5.32 Å². The minimum Gasteiger partial charge on any atom is -0.451 e. The Balaban J connectivity index is 1.95. The van der Waals surface area contributed by atoms with Gasteiger partial charge in [0.15, 0.2) is 17.7 Å². The second kappa shape index (κ2) is 7.51. The molecule has 2 aromatic rings. The number of esters is 1. The van der Waals surface area contributed by atoms with Crippen molar-refractivity contribution >= 4 is 17.6 Å². The first-order chi connectivity index (χ1) is 11.8. The van der Waals surface area contributed by atoms with Crippen molar-refractivity contribution < 1.29 is 23.1 Å². The fourth-order valence-electron chi connectivity index (χ4n) is 1.81. The lowest BCUT2D eigenvalue weighted by molar-refractivity contribution is -0.153. The summed E-state index contributed by atoms with van der Waals surface area (Å²) in [5.74, 6) is -3.88. The number of carbonyl (C=O) groups excluding carboxylic acids is 2. The van der Waals surface area contributed by atoms with Crippen LogP contribution < -0.4 is 16.6 Å². The quantitative estimate of drug-likeness (QED) is 0.756. The van der Waals surface area contributed by atoms with Gasteiger partial charge >= 0.3 is 11.7 Å². The summed E-state index contributed by atoms with van der Waals surface area (Å²) in [7, 11) is 0. The number of rotatable bonds is 5. The molecule has 0 saturated heterocycles. The van der Waals surface area contributed by atoms with Crippen LogP contribution in [-0.2, 0) is 20.9 Å². The molecular weight excluding hydrogens is 340 g/mol. The van der Waals surface area contributed by atoms with E-state index in [4.69, 9.17) is 4.74 Å². The standard InChI is InChI=1S/C15H13F2N3O5/c1-8(14(23)18-9-2-3-10(16)11(17)6-9)25-13(22)7-20-5-4-12(21)19-15(20)24/h2-6,8H,7H2,1H3,(H,18,23)(H,19,21,24)/t8-/m1/s1. The van der Waals surface area contributed by atoms with Crippen LogP contribution in [0.2, 0.25) is 0 Å². The van der Waals surface area contributed by atoms with Crippen molar-refractivity contribution in [1.29, 1.82) is 0 Å². The first-order valence-electron chi connectivity index (χ1n) is 7.01. The normalized spacial score (nSPS) is 11.6. The summed E-state index contributed by atoms with van der Waals surface area (Å²) in [6.45, 7) is 0.751. The number of aromatic nitrogens is 2. The maximum atomic E-state index is 13.1. The molecule has 0 saturated carbocycles. The van der Waals surface area contributed by atoms with E-state index in [0.717, 1.165) is 35.0 Å². The van der Waals surface area contributed by atoms with Gasteiger partial charge in [-0.1, -0.05) is 0 Å². The van der Waals surface area contributed by atoms with Gasteiger partial charge in [-0.05, 0) is 19.1 Å². The fraction of sp³-hybridized carbons (Fsp3) is 0.200. The Kier molecular flexibility index (Phi) is 5.42. The number of hydrogen-bond acceptors (Lipinski definition) is 5. The summed E-state index contributed by atoms with van der Waals surface area (Å²) >= 11 is 0. The Hall–Kier alpha value is -3.30. The number of carbonyl (C=O) groups is 2. The van der Waals surface area contributed by atoms with Crippen LogP contribution in [0.15, 0.2) is 40.1 Å². The van der Waals surface area contributed by atoms with E-state index >= 15 is 0 Å². The van der Waals surface area contributed by atoms with E-state index in [0.29, 0.717) is 0 Å². The topological polar surface area (TPSA) is 110 Å². The first kappa shape index (κ1) is 18.0. The van der Waals surface area contributed by atoms with E-state index in [9.17, 15) is 28.0 Å². The first-order valence-corrected chi connectivity index (χ1v) is 7.01. The van der Waals surface area contributed by atoms with Gasteiger partial charge in [0.2, 0.25) is 0 Å². The molecule has 0 unspecified atom stereocenters. The lowest BCUT2D eigenvalue weighted by Crippen LogP contribution is -2.34. The number of ether oxygens (including phenoxy) is 1. The van der Waals surface area contributed by atoms with E-state index in [-0.39, 0.29) is 5.69 Å². The number of aromatic amines is 1. The maximum Gasteiger partial charge on any atom is 0.328 e. The Morgan fingerprint density at radius 3 is 2.60 bits per heavy atom. The third-order valence-electron chi connectivity index (χ3n) is 3.06. The lowest BCUT2D eigenvalue weighted by Gasteiger charge is -2.14. The average Bonchev–Trinajstić information content (AvgIpc) is 2.53. The van der Waals surface area contributed by atoms with E-state index in [1.807, 2.05) is 4.98 Å². The van der Waals surface area contributed by atoms with Gasteiger partial charge in [-0.25, -0.2) is 13.6 Å². The van der Waals surface area contributed by atoms with Crippen LogP contribution in [0.3, 0.4) is 0 Å². The number of benzene rings is 1. The number of anilines is 1. The summed E-state index contributed by atoms with van der Waals surface area (Å²) in [5.41, 5.74) is -1.43. The zero-order valence-electron chi connectivity index (χ0n) is 12.9. The van der Waals surface area contributed by atoms with Crippen LogP contribution in [0.5, 0.6) is 0 Å². The Bertz CT molecular complexity index is 922. The minimum absolute atomic E-state index is 0.0105. The molecule has 0 fully saturated rings. The highest BCUT2D eigenvalue weighted by atomic mass is 19.2. The molecular formula is C15H13F2N3O5. The van der Waals surface area contributed by atoms with Gasteiger partial charge < -0.3 is 10.1 Å². The number of halogens is 2. The van der Waals surface area contributed by atoms with Gasteiger partial charge in [0.05, 0.1) is 0 Å². The molecule has 0 aliphatic carbocycles. The molecule has 1 heterocycles. The van der Waals surface area contributed by atoms with Crippen LogP contribution in [-0.4, -0.2) is 27.5 Å². The van der Waals surface area contributed by atoms with Crippen molar-refractivity contribution in [2.24, 2.45) is 0 Å². The molecule has 1 atom stereocenters. The lowest BCUT2D eigenvalue weighted by atomic mass is 10.3. The van der Waals surface area contributed by atoms with Gasteiger partial charge in [0.25, 0.3) is 11.5 Å². The summed E-state index contributed by atoms with van der Waals surface area (Å²) in [6, 6.07) is 3.81. The van der Waals surface area contributed by atoms with E-state index < -0.39 is 47.4 Å². The van der Waals surface area contributed by atoms with Crippen molar-refractivity contribution in [2.75, 3.05) is 5.32 Å². The monoisotopic (exact) mass is 353 g/mol. The predicted molar refractivity (Wildman–Crippen MR) is 81.9 cm³/mol. The summed E-state index contributed by atoms with van der Waals surface area (Å²) in [5, 5.41) is 2.26. The number of H-pyrrole nitrogens is 1. The van der Waals surface area contributed by atoms with Gasteiger partial charge in [-0.15, -0.1) is 0 Å². The smallest absolute Gasteiger partial charge is 0.328 e. The predicted octanol–water partition coefficient (Wildman–Crippen LogP) is 0.385. The largest absolute Gasteiger partial charge is 0.451 e. The molecule has 0 aliphatic heterocycles. The molecule has 25 heavy (non-hydrogen) atoms. The molecule has 1 amide bonds. The van der Waals surface area contributed by atoms with Gasteiger partial charge in [-0.3, -0.25) is 23.9 Å². The van der Waals surface area contributed by atoms with Gasteiger partial charge in [0.1, 0.15) is 6.54 Å². The molecule has 0 radical (unpaired) electrons. The van der Waals surface area contributed by atoms with Gasteiger partial charge in [0, 0.05) is 24.0 Å². The number of nitrogens with zero attached hydrogens (tertiary/aromatic N) is 1. The number of nitrogens with one attached hydrogen (secondary N) is 2. The molecule has 1 aromatic heterocycles. The molecule has 0 bridgehead atoms. The van der Waals surface area contributed by atoms with Crippen molar-refractivity contribution in [2.45, 2.75) is 19.6 Å². The van der Waals surface area contributed by atoms with Crippen molar-refractivity contribution in [3.8, 4) is 0 Å². The third kappa shape index (κ3) is 4.83. The van der Waals surface area contributed by atoms with Crippen LogP contribution >= 0.6 is 0 Å². The maximum absolute atomic E-state index is 13.1. The van der Waals surface area contributed by atoms with Crippen LogP contribution in [0, 0.1) is 11.6 Å². The van der Waals surface area contributed by atoms with E-state index in [1.165, 1.54) is 6.92 Å². The minimum atomic E-state index is -1.25. The highest BCUT2D eigenvalue weighted by Crippen LogP contribution is 2.13. The Morgan fingerprint density at radius 1 is 1.24 bits per heavy atom. The second-order valence-electron chi connectivity index (χ2n) is 4.99. The summed E-state index contributed by atoms with van der Waals surface area (Å²) in [6.07, 6.45) is -0.145. The SMILES string of the molecule is C[C@@H](OC(=O)Cn1ccc(=O)[nH]c1=O)C(=O)Nc1ccc(F)c(F)c1. The molecule has 2 rings (SSSR count). The molecule has 10 heteroatoms. The highest BCUT2D eigenvalue weighted by molar-refractivity contribution is 5.95. The van der Waals surface area contributed by atoms with Crippen LogP contribution in [0.25, 0.3) is 0 Å². The average molecular weight is 353 g/mol. The Morgan fingerprint density at radius 2 is 1.96 bits per heavy atom. The second-order valence-corrected chi connectivity index (χ2v) is 4.99. The van der Waals surface area contributed by atoms with Crippen molar-refractivity contribution in [1.82, 2.24) is 9.55 Å². The fourth-order valence-corrected chi connectivity index (χ4v) is 1.81. The molecule has 0 spiro atoms. The summed E-state index contributed by atoms with van der Waals surface area (Å²) < 4.78 is 31.7. The molecule has 1 aromatic carbocycles. The molecule has 2 N–H and O–H groups in total. The molecule has 0 aliphatic rings. The number of amides is 1. The zero-order chi connectivity index (χ0) is 18.6. The molecule has 132 valence electrons. The summed E-state index contributed by atoms with van der Waals surface area (Å²) in [4.78, 5) is 48.0. The Labute approximate surface area is 139 Å². The van der Waals surface area contributed by atoms with Crippen LogP contribution in [0.4, 0.5) is 14.5 Å². The highest BCUT2D eigenvalue weighted by Gasteiger charge is 2.19. The molecule has 8 nitrogen and oxygen atoms in total. The van der Waals surface area contributed by atoms with Crippen LogP contribution in [0.1, 0.15) is 6.92 Å².